The summed E-state index contributed by atoms with van der Waals surface area (Å²) in [5.41, 5.74) is 0. The fourth-order valence-electron chi connectivity index (χ4n) is 8.14. The molecule has 2 aliphatic rings. The van der Waals surface area contributed by atoms with Gasteiger partial charge in [0, 0.05) is 12.8 Å². The van der Waals surface area contributed by atoms with Crippen LogP contribution in [0.4, 0.5) is 0 Å². The van der Waals surface area contributed by atoms with E-state index in [9.17, 15) is 59.9 Å². The number of esters is 2. The predicted octanol–water partition coefficient (Wildman–Crippen LogP) is 5.88. The van der Waals surface area contributed by atoms with E-state index < -0.39 is 113 Å². The lowest BCUT2D eigenvalue weighted by Gasteiger charge is -2.47. The van der Waals surface area contributed by atoms with Gasteiger partial charge in [-0.05, 0) is 44.9 Å². The van der Waals surface area contributed by atoms with Crippen LogP contribution in [0.5, 0.6) is 0 Å². The molecule has 0 aromatic heterocycles. The predicted molar refractivity (Wildman–Crippen MR) is 254 cm³/mol. The Hall–Kier alpha value is -1.87. The highest BCUT2D eigenvalue weighted by Crippen LogP contribution is 2.48. The van der Waals surface area contributed by atoms with Crippen molar-refractivity contribution in [2.24, 2.45) is 0 Å². The van der Waals surface area contributed by atoms with Crippen LogP contribution in [-0.2, 0) is 42.1 Å². The minimum atomic E-state index is -5.37. The standard InChI is InChI=1S/C49H89O18P/c1-3-5-7-9-11-13-15-17-18-20-21-23-25-27-29-31-38(51)62-34-36(64-39(52)32-30-28-26-24-22-19-16-14-12-10-8-6-4-2)35-63-68(60,61)67-48-45(58)43(56)42(55)44(57)47(48)66-49-46(59)41(54)40(53)37(33-50)65-49/h11,13,17-18,36-37,40-50,53-59H,3-10,12,14-16,19-35H2,1-2H3,(H,60,61)/b13-11-,18-17-/t36-,37?,40-,41?,42-,43?,44?,45?,46-,47-,48-,49-/m1/s1. The Morgan fingerprint density at radius 3 is 1.56 bits per heavy atom. The molecule has 68 heavy (non-hydrogen) atoms. The van der Waals surface area contributed by atoms with Gasteiger partial charge in [-0.1, -0.05) is 147 Å². The van der Waals surface area contributed by atoms with E-state index in [-0.39, 0.29) is 12.8 Å². The minimum absolute atomic E-state index is 0.0325. The molecule has 2 fully saturated rings. The number of aliphatic hydroxyl groups excluding tert-OH is 8. The number of ether oxygens (including phenoxy) is 4. The van der Waals surface area contributed by atoms with Gasteiger partial charge in [0.25, 0.3) is 0 Å². The number of aliphatic hydroxyl groups is 8. The number of hydrogen-bond acceptors (Lipinski definition) is 17. The van der Waals surface area contributed by atoms with E-state index in [0.717, 1.165) is 70.6 Å². The van der Waals surface area contributed by atoms with Gasteiger partial charge in [-0.2, -0.15) is 0 Å². The van der Waals surface area contributed by atoms with Gasteiger partial charge in [-0.15, -0.1) is 0 Å². The van der Waals surface area contributed by atoms with Gasteiger partial charge in [-0.25, -0.2) is 4.57 Å². The van der Waals surface area contributed by atoms with Crippen molar-refractivity contribution in [1.82, 2.24) is 0 Å². The third-order valence-electron chi connectivity index (χ3n) is 12.4. The van der Waals surface area contributed by atoms with Crippen LogP contribution < -0.4 is 0 Å². The van der Waals surface area contributed by atoms with Crippen LogP contribution in [0.2, 0.25) is 0 Å². The van der Waals surface area contributed by atoms with Crippen LogP contribution in [0, 0.1) is 0 Å². The first-order valence-corrected chi connectivity index (χ1v) is 27.2. The quantitative estimate of drug-likeness (QED) is 0.0150. The summed E-state index contributed by atoms with van der Waals surface area (Å²) >= 11 is 0. The van der Waals surface area contributed by atoms with E-state index in [1.54, 1.807) is 0 Å². The number of allylic oxidation sites excluding steroid dienone is 4. The van der Waals surface area contributed by atoms with Gasteiger partial charge in [0.1, 0.15) is 67.6 Å². The molecule has 1 heterocycles. The molecule has 0 aromatic carbocycles. The first kappa shape index (κ1) is 62.2. The van der Waals surface area contributed by atoms with Crippen molar-refractivity contribution >= 4 is 19.8 Å². The number of rotatable bonds is 39. The lowest BCUT2D eigenvalue weighted by molar-refractivity contribution is -0.338. The molecule has 9 N–H and O–H groups in total. The van der Waals surface area contributed by atoms with E-state index in [4.69, 9.17) is 28.0 Å². The number of phosphoric acid groups is 1. The van der Waals surface area contributed by atoms with E-state index in [1.807, 2.05) is 0 Å². The zero-order chi connectivity index (χ0) is 50.2. The van der Waals surface area contributed by atoms with Crippen LogP contribution in [-0.4, -0.2) is 151 Å². The summed E-state index contributed by atoms with van der Waals surface area (Å²) in [7, 11) is -5.37. The van der Waals surface area contributed by atoms with Crippen molar-refractivity contribution in [2.75, 3.05) is 19.8 Å². The maximum Gasteiger partial charge on any atom is 0.472 e. The molecular formula is C49H89O18P. The fraction of sp³-hybridized carbons (Fsp3) is 0.878. The number of carbonyl (C=O) groups excluding carboxylic acids is 2. The van der Waals surface area contributed by atoms with Gasteiger partial charge in [-0.3, -0.25) is 18.6 Å². The van der Waals surface area contributed by atoms with Crippen molar-refractivity contribution in [2.45, 2.75) is 254 Å². The molecule has 1 saturated heterocycles. The average molecular weight is 997 g/mol. The summed E-state index contributed by atoms with van der Waals surface area (Å²) in [5.74, 6) is -1.23. The Bertz CT molecular complexity index is 1420. The smallest absolute Gasteiger partial charge is 0.462 e. The minimum Gasteiger partial charge on any atom is -0.462 e. The largest absolute Gasteiger partial charge is 0.472 e. The molecule has 19 heteroatoms. The Balaban J connectivity index is 1.95. The van der Waals surface area contributed by atoms with Gasteiger partial charge in [0.2, 0.25) is 0 Å². The van der Waals surface area contributed by atoms with Crippen molar-refractivity contribution < 1.29 is 87.9 Å². The molecule has 0 radical (unpaired) electrons. The lowest BCUT2D eigenvalue weighted by Crippen LogP contribution is -2.67. The molecule has 6 unspecified atom stereocenters. The maximum atomic E-state index is 13.4. The molecule has 1 aliphatic carbocycles. The third-order valence-corrected chi connectivity index (χ3v) is 13.4. The molecule has 13 atom stereocenters. The lowest BCUT2D eigenvalue weighted by atomic mass is 9.84. The molecule has 1 aliphatic heterocycles. The molecule has 398 valence electrons. The number of unbranched alkanes of at least 4 members (excludes halogenated alkanes) is 20. The Kier molecular flexibility index (Phi) is 33.8. The molecule has 18 nitrogen and oxygen atoms in total. The van der Waals surface area contributed by atoms with Gasteiger partial charge < -0.3 is 64.7 Å². The number of hydrogen-bond donors (Lipinski definition) is 9. The van der Waals surface area contributed by atoms with E-state index in [0.29, 0.717) is 12.8 Å². The van der Waals surface area contributed by atoms with Crippen LogP contribution in [0.1, 0.15) is 181 Å². The third kappa shape index (κ3) is 25.5. The molecule has 0 aromatic rings. The van der Waals surface area contributed by atoms with Crippen LogP contribution in [0.3, 0.4) is 0 Å². The zero-order valence-electron chi connectivity index (χ0n) is 40.9. The zero-order valence-corrected chi connectivity index (χ0v) is 41.8. The summed E-state index contributed by atoms with van der Waals surface area (Å²) in [5, 5.41) is 82.9. The Labute approximate surface area is 405 Å². The average Bonchev–Trinajstić information content (AvgIpc) is 3.32. The monoisotopic (exact) mass is 997 g/mol. The second-order valence-corrected chi connectivity index (χ2v) is 19.8. The number of carbonyl (C=O) groups is 2. The second kappa shape index (κ2) is 37.0. The van der Waals surface area contributed by atoms with Crippen molar-refractivity contribution in [3.8, 4) is 0 Å². The van der Waals surface area contributed by atoms with Gasteiger partial charge in [0.15, 0.2) is 12.4 Å². The number of phosphoric ester groups is 1. The summed E-state index contributed by atoms with van der Waals surface area (Å²) < 4.78 is 45.4. The van der Waals surface area contributed by atoms with Gasteiger partial charge in [0.05, 0.1) is 13.2 Å². The summed E-state index contributed by atoms with van der Waals surface area (Å²) in [6, 6.07) is 0. The maximum absolute atomic E-state index is 13.4. The highest BCUT2D eigenvalue weighted by molar-refractivity contribution is 7.47. The molecule has 0 spiro atoms. The normalized spacial score (nSPS) is 28.0. The van der Waals surface area contributed by atoms with Crippen LogP contribution in [0.25, 0.3) is 0 Å². The highest BCUT2D eigenvalue weighted by atomic mass is 31.2. The van der Waals surface area contributed by atoms with E-state index in [1.165, 1.54) is 70.6 Å². The molecule has 0 bridgehead atoms. The molecule has 0 amide bonds. The topological polar surface area (TPSA) is 289 Å². The summed E-state index contributed by atoms with van der Waals surface area (Å²) in [6.07, 6.45) is 11.1. The van der Waals surface area contributed by atoms with Crippen molar-refractivity contribution in [1.29, 1.82) is 0 Å². The Morgan fingerprint density at radius 2 is 1.01 bits per heavy atom. The highest BCUT2D eigenvalue weighted by Gasteiger charge is 2.55. The first-order valence-electron chi connectivity index (χ1n) is 25.7. The van der Waals surface area contributed by atoms with Gasteiger partial charge >= 0.3 is 19.8 Å². The molecule has 1 saturated carbocycles. The summed E-state index contributed by atoms with van der Waals surface area (Å²) in [6.45, 7) is 2.19. The van der Waals surface area contributed by atoms with Crippen molar-refractivity contribution in [3.63, 3.8) is 0 Å². The fourth-order valence-corrected chi connectivity index (χ4v) is 9.11. The summed E-state index contributed by atoms with van der Waals surface area (Å²) in [4.78, 5) is 36.5. The second-order valence-electron chi connectivity index (χ2n) is 18.4. The van der Waals surface area contributed by atoms with Crippen LogP contribution in [0.15, 0.2) is 24.3 Å². The van der Waals surface area contributed by atoms with Crippen LogP contribution >= 0.6 is 7.82 Å². The molecule has 2 rings (SSSR count). The first-order chi connectivity index (χ1) is 32.7. The SMILES string of the molecule is CCCCC/C=C\C/C=C\CCCCCCCC(=O)OC[C@H](COP(=O)(O)O[C@@H]1C(O)C(O)[C@@H](O)C(O)[C@H]1O[C@H]1OC(CO)[C@@H](O)C(O)[C@H]1O)OC(=O)CCCCCCCCCCCCCCC. The van der Waals surface area contributed by atoms with E-state index in [2.05, 4.69) is 38.2 Å². The van der Waals surface area contributed by atoms with E-state index >= 15 is 0 Å². The Morgan fingerprint density at radius 1 is 0.559 bits per heavy atom. The van der Waals surface area contributed by atoms with Crippen molar-refractivity contribution in [3.05, 3.63) is 24.3 Å². The molecular weight excluding hydrogens is 907 g/mol.